The van der Waals surface area contributed by atoms with Crippen LogP contribution in [0.2, 0.25) is 0 Å². The van der Waals surface area contributed by atoms with Gasteiger partial charge >= 0.3 is 5.97 Å². The molecule has 0 N–H and O–H groups in total. The van der Waals surface area contributed by atoms with Crippen LogP contribution >= 0.6 is 0 Å². The maximum Gasteiger partial charge on any atom is 0.355 e. The Hall–Kier alpha value is -0.790. The summed E-state index contributed by atoms with van der Waals surface area (Å²) in [5.41, 5.74) is 0. The lowest BCUT2D eigenvalue weighted by Gasteiger charge is -1.84. The molecule has 0 aromatic heterocycles. The highest BCUT2D eigenvalue weighted by molar-refractivity contribution is 5.67. The standard InChI is InChI=1S/C6H8O2/c1-2-3-4-5-6(7)8/h2,4H,1,3,5H2. The minimum Gasteiger partial charge on any atom is -0.247 e. The third-order valence-electron chi connectivity index (χ3n) is 0.644. The summed E-state index contributed by atoms with van der Waals surface area (Å²) < 4.78 is 0. The molecule has 44 valence electrons. The summed E-state index contributed by atoms with van der Waals surface area (Å²) in [4.78, 5) is 9.70. The van der Waals surface area contributed by atoms with Gasteiger partial charge in [0.2, 0.25) is 0 Å². The first-order valence-corrected chi connectivity index (χ1v) is 2.39. The van der Waals surface area contributed by atoms with Crippen LogP contribution in [0.25, 0.3) is 0 Å². The molecule has 0 aliphatic heterocycles. The first kappa shape index (κ1) is 7.21. The first-order chi connectivity index (χ1) is 3.77. The van der Waals surface area contributed by atoms with Crippen LogP contribution in [0.15, 0.2) is 12.7 Å². The van der Waals surface area contributed by atoms with Crippen molar-refractivity contribution in [3.63, 3.8) is 0 Å². The molecule has 0 aliphatic rings. The molecule has 0 spiro atoms. The van der Waals surface area contributed by atoms with Gasteiger partial charge in [-0.3, -0.25) is 0 Å². The molecule has 8 heavy (non-hydrogen) atoms. The van der Waals surface area contributed by atoms with E-state index in [9.17, 15) is 9.90 Å². The second-order valence-electron chi connectivity index (χ2n) is 1.39. The summed E-state index contributed by atoms with van der Waals surface area (Å²) in [6.07, 6.45) is 3.89. The van der Waals surface area contributed by atoms with Crippen LogP contribution in [0.1, 0.15) is 12.8 Å². The van der Waals surface area contributed by atoms with Crippen LogP contribution in [0.3, 0.4) is 0 Å². The van der Waals surface area contributed by atoms with E-state index in [1.807, 2.05) is 0 Å². The fourth-order valence-electron chi connectivity index (χ4n) is 0.319. The first-order valence-electron chi connectivity index (χ1n) is 2.39. The lowest BCUT2D eigenvalue weighted by molar-refractivity contribution is -0.142. The molecule has 0 aromatic rings. The van der Waals surface area contributed by atoms with E-state index in [1.165, 1.54) is 0 Å². The fraction of sp³-hybridized carbons (Fsp3) is 0.333. The average Bonchev–Trinajstić information content (AvgIpc) is 1.66. The molecule has 0 amide bonds. The molecular weight excluding hydrogens is 104 g/mol. The Morgan fingerprint density at radius 2 is 2.25 bits per heavy atom. The average molecular weight is 112 g/mol. The third kappa shape index (κ3) is 5.21. The van der Waals surface area contributed by atoms with Crippen molar-refractivity contribution in [1.82, 2.24) is 0 Å². The second kappa shape index (κ2) is 4.37. The molecule has 0 saturated heterocycles. The lowest BCUT2D eigenvalue weighted by Crippen LogP contribution is -1.90. The zero-order chi connectivity index (χ0) is 6.41. The van der Waals surface area contributed by atoms with Gasteiger partial charge < -0.3 is 0 Å². The summed E-state index contributed by atoms with van der Waals surface area (Å²) in [5.74, 6) is -1.04. The van der Waals surface area contributed by atoms with E-state index in [2.05, 4.69) is 6.58 Å². The highest BCUT2D eigenvalue weighted by atomic mass is 16.4. The van der Waals surface area contributed by atoms with Gasteiger partial charge in [-0.1, -0.05) is 6.08 Å². The third-order valence-corrected chi connectivity index (χ3v) is 0.644. The van der Waals surface area contributed by atoms with Gasteiger partial charge in [-0.2, -0.15) is 0 Å². The van der Waals surface area contributed by atoms with Gasteiger partial charge in [0.25, 0.3) is 0 Å². The smallest absolute Gasteiger partial charge is 0.247 e. The molecule has 0 unspecified atom stereocenters. The summed E-state index contributed by atoms with van der Waals surface area (Å²) in [6.45, 7) is 3.41. The molecule has 2 radical (unpaired) electrons. The van der Waals surface area contributed by atoms with E-state index in [-0.39, 0.29) is 6.42 Å². The van der Waals surface area contributed by atoms with E-state index in [0.29, 0.717) is 6.42 Å². The zero-order valence-electron chi connectivity index (χ0n) is 4.59. The van der Waals surface area contributed by atoms with Crippen molar-refractivity contribution in [2.24, 2.45) is 0 Å². The van der Waals surface area contributed by atoms with Crippen molar-refractivity contribution in [2.45, 2.75) is 12.8 Å². The summed E-state index contributed by atoms with van der Waals surface area (Å²) in [7, 11) is 0. The maximum atomic E-state index is 9.70. The molecular formula is C6H8O2. The minimum atomic E-state index is -1.04. The minimum absolute atomic E-state index is 0.0199. The van der Waals surface area contributed by atoms with Crippen molar-refractivity contribution in [3.8, 4) is 0 Å². The quantitative estimate of drug-likeness (QED) is 0.396. The van der Waals surface area contributed by atoms with Crippen molar-refractivity contribution >= 4 is 5.97 Å². The molecule has 0 saturated carbocycles. The molecule has 0 atom stereocenters. The number of unbranched alkanes of at least 4 members (excludes halogenated alkanes) is 1. The van der Waals surface area contributed by atoms with Gasteiger partial charge in [0.05, 0.1) is 6.42 Å². The van der Waals surface area contributed by atoms with Gasteiger partial charge in [0.1, 0.15) is 0 Å². The van der Waals surface area contributed by atoms with Crippen LogP contribution in [-0.4, -0.2) is 5.97 Å². The molecule has 0 fully saturated rings. The highest BCUT2D eigenvalue weighted by Gasteiger charge is 1.95. The SMILES string of the molecule is C=CC[CH]CC([O])=O. The van der Waals surface area contributed by atoms with Crippen LogP contribution in [0.5, 0.6) is 0 Å². The lowest BCUT2D eigenvalue weighted by atomic mass is 10.2. The van der Waals surface area contributed by atoms with E-state index < -0.39 is 5.97 Å². The highest BCUT2D eigenvalue weighted by Crippen LogP contribution is 1.92. The Kier molecular flexibility index (Phi) is 3.94. The van der Waals surface area contributed by atoms with Crippen LogP contribution in [-0.2, 0) is 9.90 Å². The van der Waals surface area contributed by atoms with E-state index in [4.69, 9.17) is 0 Å². The van der Waals surface area contributed by atoms with Crippen molar-refractivity contribution in [3.05, 3.63) is 19.1 Å². The number of hydrogen-bond acceptors (Lipinski definition) is 1. The molecule has 0 aliphatic carbocycles. The van der Waals surface area contributed by atoms with Gasteiger partial charge in [0, 0.05) is 0 Å². The summed E-state index contributed by atoms with van der Waals surface area (Å²) in [6, 6.07) is 0. The van der Waals surface area contributed by atoms with Crippen molar-refractivity contribution < 1.29 is 9.90 Å². The normalized spacial score (nSPS) is 8.50. The zero-order valence-corrected chi connectivity index (χ0v) is 4.59. The Morgan fingerprint density at radius 3 is 2.62 bits per heavy atom. The number of carbonyl (C=O) groups is 1. The number of carbonyl (C=O) groups excluding carboxylic acids is 1. The molecule has 2 nitrogen and oxygen atoms in total. The van der Waals surface area contributed by atoms with E-state index >= 15 is 0 Å². The fourth-order valence-corrected chi connectivity index (χ4v) is 0.319. The van der Waals surface area contributed by atoms with Crippen LogP contribution in [0, 0.1) is 6.42 Å². The van der Waals surface area contributed by atoms with Crippen LogP contribution < -0.4 is 0 Å². The Bertz CT molecular complexity index is 86.5. The van der Waals surface area contributed by atoms with Crippen LogP contribution in [0.4, 0.5) is 0 Å². The Morgan fingerprint density at radius 1 is 1.62 bits per heavy atom. The van der Waals surface area contributed by atoms with Gasteiger partial charge in [-0.15, -0.1) is 6.58 Å². The van der Waals surface area contributed by atoms with E-state index in [1.54, 1.807) is 12.5 Å². The molecule has 2 heteroatoms. The monoisotopic (exact) mass is 112 g/mol. The predicted octanol–water partition coefficient (Wildman–Crippen LogP) is 1.11. The molecule has 0 bridgehead atoms. The van der Waals surface area contributed by atoms with Gasteiger partial charge in [0.15, 0.2) is 0 Å². The number of hydrogen-bond donors (Lipinski definition) is 0. The van der Waals surface area contributed by atoms with Crippen molar-refractivity contribution in [1.29, 1.82) is 0 Å². The van der Waals surface area contributed by atoms with E-state index in [0.717, 1.165) is 0 Å². The largest absolute Gasteiger partial charge is 0.355 e. The summed E-state index contributed by atoms with van der Waals surface area (Å²) >= 11 is 0. The molecule has 0 heterocycles. The maximum absolute atomic E-state index is 9.70. The molecule has 0 aromatic carbocycles. The predicted molar refractivity (Wildman–Crippen MR) is 29.4 cm³/mol. The number of allylic oxidation sites excluding steroid dienone is 1. The van der Waals surface area contributed by atoms with Gasteiger partial charge in [-0.05, 0) is 12.8 Å². The van der Waals surface area contributed by atoms with Gasteiger partial charge in [-0.25, -0.2) is 9.90 Å². The number of rotatable bonds is 4. The van der Waals surface area contributed by atoms with Crippen molar-refractivity contribution in [2.75, 3.05) is 0 Å². The topological polar surface area (TPSA) is 37.0 Å². The summed E-state index contributed by atoms with van der Waals surface area (Å²) in [5, 5.41) is 9.70. The Labute approximate surface area is 48.8 Å². The second-order valence-corrected chi connectivity index (χ2v) is 1.39. The Balaban J connectivity index is 2.93. The molecule has 0 rings (SSSR count).